The molecule has 1 heterocycles. The van der Waals surface area contributed by atoms with Crippen LogP contribution < -0.4 is 20.1 Å². The fourth-order valence-electron chi connectivity index (χ4n) is 1.70. The Balaban J connectivity index is 1.74. The first kappa shape index (κ1) is 13.2. The number of nitrogens with one attached hydrogen (secondary N) is 2. The molecule has 2 N–H and O–H groups in total. The molecule has 19 heavy (non-hydrogen) atoms. The van der Waals surface area contributed by atoms with Gasteiger partial charge in [0.2, 0.25) is 5.91 Å². The van der Waals surface area contributed by atoms with Gasteiger partial charge in [-0.3, -0.25) is 10.1 Å². The Hall–Kier alpha value is -2.19. The fourth-order valence-corrected chi connectivity index (χ4v) is 1.70. The summed E-state index contributed by atoms with van der Waals surface area (Å²) >= 11 is 0. The van der Waals surface area contributed by atoms with Crippen molar-refractivity contribution in [3.63, 3.8) is 0 Å². The standard InChI is InChI=1S/C14H16N2O3/c1-2-7-15-9-14(17)16-8-11-10-18-12-5-3-4-6-13(12)19-11/h1,3-6,11,15H,7-10H2,(H,16,17). The van der Waals surface area contributed by atoms with Crippen molar-refractivity contribution in [3.8, 4) is 23.8 Å². The van der Waals surface area contributed by atoms with Crippen molar-refractivity contribution in [2.24, 2.45) is 0 Å². The first-order chi connectivity index (χ1) is 9.29. The van der Waals surface area contributed by atoms with Crippen LogP contribution in [0.2, 0.25) is 0 Å². The summed E-state index contributed by atoms with van der Waals surface area (Å²) in [7, 11) is 0. The van der Waals surface area contributed by atoms with Gasteiger partial charge in [-0.1, -0.05) is 18.1 Å². The summed E-state index contributed by atoms with van der Waals surface area (Å²) < 4.78 is 11.3. The molecule has 0 bridgehead atoms. The van der Waals surface area contributed by atoms with Gasteiger partial charge in [0.25, 0.3) is 0 Å². The summed E-state index contributed by atoms with van der Waals surface area (Å²) in [5.74, 6) is 3.73. The van der Waals surface area contributed by atoms with E-state index in [1.807, 2.05) is 24.3 Å². The second-order valence-electron chi connectivity index (χ2n) is 4.11. The molecule has 0 saturated heterocycles. The summed E-state index contributed by atoms with van der Waals surface area (Å²) in [6, 6.07) is 7.47. The Morgan fingerprint density at radius 2 is 2.21 bits per heavy atom. The van der Waals surface area contributed by atoms with Gasteiger partial charge >= 0.3 is 0 Å². The van der Waals surface area contributed by atoms with Gasteiger partial charge in [0.05, 0.1) is 19.6 Å². The maximum atomic E-state index is 11.5. The van der Waals surface area contributed by atoms with Crippen LogP contribution in [0.15, 0.2) is 24.3 Å². The molecule has 1 atom stereocenters. The van der Waals surface area contributed by atoms with E-state index in [-0.39, 0.29) is 18.6 Å². The molecule has 100 valence electrons. The van der Waals surface area contributed by atoms with Crippen LogP contribution in [0.25, 0.3) is 0 Å². The molecule has 5 heteroatoms. The summed E-state index contributed by atoms with van der Waals surface area (Å²) in [5, 5.41) is 5.59. The van der Waals surface area contributed by atoms with Crippen molar-refractivity contribution in [3.05, 3.63) is 24.3 Å². The predicted octanol–water partition coefficient (Wildman–Crippen LogP) is 0.165. The topological polar surface area (TPSA) is 59.6 Å². The maximum Gasteiger partial charge on any atom is 0.234 e. The van der Waals surface area contributed by atoms with E-state index in [9.17, 15) is 4.79 Å². The number of ether oxygens (including phenoxy) is 2. The molecule has 1 aliphatic heterocycles. The molecule has 0 saturated carbocycles. The highest BCUT2D eigenvalue weighted by Gasteiger charge is 2.20. The molecular formula is C14H16N2O3. The number of rotatable bonds is 5. The quantitative estimate of drug-likeness (QED) is 0.585. The van der Waals surface area contributed by atoms with E-state index in [0.29, 0.717) is 25.4 Å². The van der Waals surface area contributed by atoms with E-state index in [1.165, 1.54) is 0 Å². The minimum Gasteiger partial charge on any atom is -0.486 e. The SMILES string of the molecule is C#CCNCC(=O)NCC1COc2ccccc2O1. The third-order valence-electron chi connectivity index (χ3n) is 2.61. The van der Waals surface area contributed by atoms with Crippen LogP contribution in [0.3, 0.4) is 0 Å². The minimum absolute atomic E-state index is 0.113. The highest BCUT2D eigenvalue weighted by molar-refractivity contribution is 5.78. The number of benzene rings is 1. The number of para-hydroxylation sites is 2. The molecule has 0 aromatic heterocycles. The second kappa shape index (κ2) is 6.66. The van der Waals surface area contributed by atoms with Crippen LogP contribution >= 0.6 is 0 Å². The lowest BCUT2D eigenvalue weighted by molar-refractivity contribution is -0.120. The molecule has 0 radical (unpaired) electrons. The lowest BCUT2D eigenvalue weighted by atomic mass is 10.2. The zero-order valence-corrected chi connectivity index (χ0v) is 10.5. The Morgan fingerprint density at radius 1 is 1.42 bits per heavy atom. The third kappa shape index (κ3) is 3.90. The van der Waals surface area contributed by atoms with Gasteiger partial charge in [-0.15, -0.1) is 6.42 Å². The average molecular weight is 260 g/mol. The number of hydrogen-bond acceptors (Lipinski definition) is 4. The molecule has 1 amide bonds. The van der Waals surface area contributed by atoms with Crippen molar-refractivity contribution in [1.29, 1.82) is 0 Å². The molecule has 0 spiro atoms. The summed E-state index contributed by atoms with van der Waals surface area (Å²) in [6.07, 6.45) is 4.90. The lowest BCUT2D eigenvalue weighted by Gasteiger charge is -2.26. The highest BCUT2D eigenvalue weighted by atomic mass is 16.6. The number of terminal acetylenes is 1. The van der Waals surface area contributed by atoms with E-state index in [0.717, 1.165) is 5.75 Å². The average Bonchev–Trinajstić information content (AvgIpc) is 2.45. The number of amides is 1. The summed E-state index contributed by atoms with van der Waals surface area (Å²) in [4.78, 5) is 11.5. The molecule has 0 fully saturated rings. The van der Waals surface area contributed by atoms with Gasteiger partial charge in [-0.25, -0.2) is 0 Å². The predicted molar refractivity (Wildman–Crippen MR) is 71.1 cm³/mol. The van der Waals surface area contributed by atoms with Crippen molar-refractivity contribution in [2.75, 3.05) is 26.2 Å². The van der Waals surface area contributed by atoms with Crippen molar-refractivity contribution in [2.45, 2.75) is 6.10 Å². The van der Waals surface area contributed by atoms with Crippen molar-refractivity contribution in [1.82, 2.24) is 10.6 Å². The van der Waals surface area contributed by atoms with E-state index in [2.05, 4.69) is 16.6 Å². The first-order valence-electron chi connectivity index (χ1n) is 6.09. The van der Waals surface area contributed by atoms with Crippen molar-refractivity contribution < 1.29 is 14.3 Å². The number of carbonyl (C=O) groups is 1. The lowest BCUT2D eigenvalue weighted by Crippen LogP contribution is -2.43. The molecule has 1 aromatic rings. The highest BCUT2D eigenvalue weighted by Crippen LogP contribution is 2.30. The van der Waals surface area contributed by atoms with E-state index in [4.69, 9.17) is 15.9 Å². The number of fused-ring (bicyclic) bond motifs is 1. The van der Waals surface area contributed by atoms with Gasteiger partial charge in [0.1, 0.15) is 12.7 Å². The smallest absolute Gasteiger partial charge is 0.234 e. The molecule has 1 unspecified atom stereocenters. The Kier molecular flexibility index (Phi) is 4.65. The van der Waals surface area contributed by atoms with E-state index in [1.54, 1.807) is 0 Å². The molecule has 2 rings (SSSR count). The Bertz CT molecular complexity index is 482. The summed E-state index contributed by atoms with van der Waals surface area (Å²) in [6.45, 7) is 1.41. The normalized spacial score (nSPS) is 16.5. The second-order valence-corrected chi connectivity index (χ2v) is 4.11. The van der Waals surface area contributed by atoms with Crippen molar-refractivity contribution >= 4 is 5.91 Å². The van der Waals surface area contributed by atoms with Gasteiger partial charge in [-0.2, -0.15) is 0 Å². The fraction of sp³-hybridized carbons (Fsp3) is 0.357. The number of carbonyl (C=O) groups excluding carboxylic acids is 1. The van der Waals surface area contributed by atoms with Crippen LogP contribution in [-0.4, -0.2) is 38.3 Å². The van der Waals surface area contributed by atoms with Gasteiger partial charge < -0.3 is 14.8 Å². The van der Waals surface area contributed by atoms with Gasteiger partial charge in [0, 0.05) is 0 Å². The monoisotopic (exact) mass is 260 g/mol. The minimum atomic E-state index is -0.175. The van der Waals surface area contributed by atoms with E-state index < -0.39 is 0 Å². The molecule has 5 nitrogen and oxygen atoms in total. The first-order valence-corrected chi connectivity index (χ1v) is 6.09. The third-order valence-corrected chi connectivity index (χ3v) is 2.61. The number of hydrogen-bond donors (Lipinski definition) is 2. The Morgan fingerprint density at radius 3 is 3.00 bits per heavy atom. The van der Waals surface area contributed by atoms with Gasteiger partial charge in [-0.05, 0) is 12.1 Å². The van der Waals surface area contributed by atoms with Crippen LogP contribution in [0, 0.1) is 12.3 Å². The molecule has 1 aromatic carbocycles. The summed E-state index contributed by atoms with van der Waals surface area (Å²) in [5.41, 5.74) is 0. The van der Waals surface area contributed by atoms with Gasteiger partial charge in [0.15, 0.2) is 11.5 Å². The Labute approximate surface area is 112 Å². The molecule has 0 aliphatic carbocycles. The van der Waals surface area contributed by atoms with Crippen LogP contribution in [-0.2, 0) is 4.79 Å². The van der Waals surface area contributed by atoms with Crippen LogP contribution in [0.4, 0.5) is 0 Å². The zero-order valence-electron chi connectivity index (χ0n) is 10.5. The van der Waals surface area contributed by atoms with Crippen LogP contribution in [0.1, 0.15) is 0 Å². The molecular weight excluding hydrogens is 244 g/mol. The zero-order chi connectivity index (χ0) is 13.5. The maximum absolute atomic E-state index is 11.5. The van der Waals surface area contributed by atoms with E-state index >= 15 is 0 Å². The molecule has 1 aliphatic rings. The largest absolute Gasteiger partial charge is 0.486 e. The van der Waals surface area contributed by atoms with Crippen LogP contribution in [0.5, 0.6) is 11.5 Å².